The zero-order valence-corrected chi connectivity index (χ0v) is 6.40. The molecule has 0 aliphatic carbocycles. The van der Waals surface area contributed by atoms with Crippen LogP contribution in [0.5, 0.6) is 0 Å². The topological polar surface area (TPSA) is 75.3 Å². The van der Waals surface area contributed by atoms with E-state index in [0.717, 1.165) is 0 Å². The van der Waals surface area contributed by atoms with Crippen molar-refractivity contribution in [3.63, 3.8) is 0 Å². The smallest absolute Gasteiger partial charge is 0.267 e. The number of hydrogen-bond donors (Lipinski definition) is 3. The van der Waals surface area contributed by atoms with Crippen LogP contribution < -0.4 is 11.3 Å². The lowest BCUT2D eigenvalue weighted by Gasteiger charge is -2.07. The summed E-state index contributed by atoms with van der Waals surface area (Å²) < 4.78 is 0. The maximum atomic E-state index is 10.8. The molecule has 1 aromatic rings. The maximum absolute atomic E-state index is 10.8. The summed E-state index contributed by atoms with van der Waals surface area (Å²) in [6.45, 7) is 0. The molecule has 0 aliphatic rings. The lowest BCUT2D eigenvalue weighted by atomic mass is 10.1. The van der Waals surface area contributed by atoms with Gasteiger partial charge < -0.3 is 5.11 Å². The van der Waals surface area contributed by atoms with Gasteiger partial charge in [0.05, 0.1) is 0 Å². The van der Waals surface area contributed by atoms with E-state index in [1.807, 2.05) is 5.43 Å². The number of hydrogen-bond acceptors (Lipinski definition) is 3. The van der Waals surface area contributed by atoms with Gasteiger partial charge in [-0.3, -0.25) is 10.2 Å². The molecule has 4 nitrogen and oxygen atoms in total. The molecule has 1 atom stereocenters. The summed E-state index contributed by atoms with van der Waals surface area (Å²) in [5.74, 6) is 4.24. The first-order chi connectivity index (χ1) is 5.75. The lowest BCUT2D eigenvalue weighted by Crippen LogP contribution is -2.34. The van der Waals surface area contributed by atoms with Crippen molar-refractivity contribution in [2.45, 2.75) is 6.10 Å². The van der Waals surface area contributed by atoms with E-state index in [-0.39, 0.29) is 0 Å². The number of aliphatic hydroxyl groups excluding tert-OH is 1. The second-order valence-corrected chi connectivity index (χ2v) is 2.32. The van der Waals surface area contributed by atoms with Crippen molar-refractivity contribution in [2.24, 2.45) is 5.84 Å². The molecule has 1 rings (SSSR count). The van der Waals surface area contributed by atoms with Gasteiger partial charge in [0, 0.05) is 0 Å². The van der Waals surface area contributed by atoms with Crippen molar-refractivity contribution in [2.75, 3.05) is 0 Å². The first-order valence-corrected chi connectivity index (χ1v) is 3.49. The third-order valence-corrected chi connectivity index (χ3v) is 1.51. The SMILES string of the molecule is NNC(=O)[C@H](O)c1ccccc1. The van der Waals surface area contributed by atoms with E-state index in [1.54, 1.807) is 30.3 Å². The first-order valence-electron chi connectivity index (χ1n) is 3.49. The van der Waals surface area contributed by atoms with Gasteiger partial charge in [-0.05, 0) is 5.56 Å². The van der Waals surface area contributed by atoms with Crippen molar-refractivity contribution < 1.29 is 9.90 Å². The Labute approximate surface area is 70.0 Å². The van der Waals surface area contributed by atoms with E-state index < -0.39 is 12.0 Å². The fraction of sp³-hybridized carbons (Fsp3) is 0.125. The molecule has 4 N–H and O–H groups in total. The molecular weight excluding hydrogens is 156 g/mol. The van der Waals surface area contributed by atoms with Crippen molar-refractivity contribution in [3.8, 4) is 0 Å². The Morgan fingerprint density at radius 3 is 2.50 bits per heavy atom. The molecule has 4 heteroatoms. The van der Waals surface area contributed by atoms with Crippen LogP contribution in [-0.4, -0.2) is 11.0 Å². The third kappa shape index (κ3) is 1.81. The Morgan fingerprint density at radius 1 is 1.42 bits per heavy atom. The molecule has 0 radical (unpaired) electrons. The Kier molecular flexibility index (Phi) is 2.79. The molecule has 0 aromatic heterocycles. The van der Waals surface area contributed by atoms with Gasteiger partial charge in [-0.15, -0.1) is 0 Å². The highest BCUT2D eigenvalue weighted by Gasteiger charge is 2.14. The van der Waals surface area contributed by atoms with E-state index >= 15 is 0 Å². The van der Waals surface area contributed by atoms with E-state index in [0.29, 0.717) is 5.56 Å². The Bertz CT molecular complexity index is 261. The molecule has 0 fully saturated rings. The molecule has 12 heavy (non-hydrogen) atoms. The predicted octanol–water partition coefficient (Wildman–Crippen LogP) is -0.290. The molecule has 0 unspecified atom stereocenters. The summed E-state index contributed by atoms with van der Waals surface area (Å²) in [6, 6.07) is 8.58. The monoisotopic (exact) mass is 166 g/mol. The number of carbonyl (C=O) groups is 1. The van der Waals surface area contributed by atoms with Crippen molar-refractivity contribution in [1.82, 2.24) is 5.43 Å². The molecule has 1 amide bonds. The van der Waals surface area contributed by atoms with Crippen molar-refractivity contribution in [1.29, 1.82) is 0 Å². The number of hydrazine groups is 1. The molecule has 64 valence electrons. The van der Waals surface area contributed by atoms with E-state index in [2.05, 4.69) is 0 Å². The minimum atomic E-state index is -1.18. The normalized spacial score (nSPS) is 12.2. The number of benzene rings is 1. The van der Waals surface area contributed by atoms with Crippen LogP contribution in [0.1, 0.15) is 11.7 Å². The standard InChI is InChI=1S/C8H10N2O2/c9-10-8(12)7(11)6-4-2-1-3-5-6/h1-5,7,11H,9H2,(H,10,12)/t7-/m1/s1. The number of nitrogens with two attached hydrogens (primary N) is 1. The van der Waals surface area contributed by atoms with Crippen LogP contribution >= 0.6 is 0 Å². The van der Waals surface area contributed by atoms with E-state index in [9.17, 15) is 9.90 Å². The predicted molar refractivity (Wildman–Crippen MR) is 43.7 cm³/mol. The highest BCUT2D eigenvalue weighted by Crippen LogP contribution is 2.10. The summed E-state index contributed by atoms with van der Waals surface area (Å²) in [4.78, 5) is 10.8. The molecular formula is C8H10N2O2. The minimum absolute atomic E-state index is 0.528. The van der Waals surface area contributed by atoms with Crippen LogP contribution in [-0.2, 0) is 4.79 Å². The summed E-state index contributed by atoms with van der Waals surface area (Å²) in [5.41, 5.74) is 2.40. The van der Waals surface area contributed by atoms with Crippen molar-refractivity contribution >= 4 is 5.91 Å². The van der Waals surface area contributed by atoms with Crippen LogP contribution in [0.3, 0.4) is 0 Å². The van der Waals surface area contributed by atoms with Gasteiger partial charge in [0.1, 0.15) is 0 Å². The minimum Gasteiger partial charge on any atom is -0.378 e. The largest absolute Gasteiger partial charge is 0.378 e. The van der Waals surface area contributed by atoms with Gasteiger partial charge in [-0.25, -0.2) is 5.84 Å². The average molecular weight is 166 g/mol. The van der Waals surface area contributed by atoms with Gasteiger partial charge in [0.15, 0.2) is 6.10 Å². The molecule has 0 saturated heterocycles. The average Bonchev–Trinajstić information content (AvgIpc) is 2.17. The Balaban J connectivity index is 2.78. The third-order valence-electron chi connectivity index (χ3n) is 1.51. The number of amides is 1. The summed E-state index contributed by atoms with van der Waals surface area (Å²) >= 11 is 0. The van der Waals surface area contributed by atoms with Crippen molar-refractivity contribution in [3.05, 3.63) is 35.9 Å². The number of carbonyl (C=O) groups excluding carboxylic acids is 1. The maximum Gasteiger partial charge on any atom is 0.267 e. The molecule has 0 heterocycles. The fourth-order valence-electron chi connectivity index (χ4n) is 0.866. The molecule has 1 aromatic carbocycles. The van der Waals surface area contributed by atoms with Gasteiger partial charge in [0.2, 0.25) is 0 Å². The molecule has 0 aliphatic heterocycles. The van der Waals surface area contributed by atoms with Crippen LogP contribution in [0.2, 0.25) is 0 Å². The van der Waals surface area contributed by atoms with Gasteiger partial charge in [0.25, 0.3) is 5.91 Å². The highest BCUT2D eigenvalue weighted by molar-refractivity contribution is 5.81. The molecule has 0 spiro atoms. The number of nitrogens with one attached hydrogen (secondary N) is 1. The molecule has 0 saturated carbocycles. The second kappa shape index (κ2) is 3.85. The van der Waals surface area contributed by atoms with Crippen LogP contribution in [0.25, 0.3) is 0 Å². The van der Waals surface area contributed by atoms with Gasteiger partial charge in [-0.1, -0.05) is 30.3 Å². The molecule has 0 bridgehead atoms. The van der Waals surface area contributed by atoms with E-state index in [4.69, 9.17) is 5.84 Å². The zero-order chi connectivity index (χ0) is 8.97. The highest BCUT2D eigenvalue weighted by atomic mass is 16.3. The summed E-state index contributed by atoms with van der Waals surface area (Å²) in [5, 5.41) is 9.30. The zero-order valence-electron chi connectivity index (χ0n) is 6.40. The lowest BCUT2D eigenvalue weighted by molar-refractivity contribution is -0.129. The van der Waals surface area contributed by atoms with Crippen LogP contribution in [0, 0.1) is 0 Å². The number of rotatable bonds is 2. The van der Waals surface area contributed by atoms with Crippen LogP contribution in [0.4, 0.5) is 0 Å². The van der Waals surface area contributed by atoms with Gasteiger partial charge in [-0.2, -0.15) is 0 Å². The van der Waals surface area contributed by atoms with E-state index in [1.165, 1.54) is 0 Å². The quantitative estimate of drug-likeness (QED) is 0.321. The fourth-order valence-corrected chi connectivity index (χ4v) is 0.866. The summed E-state index contributed by atoms with van der Waals surface area (Å²) in [7, 11) is 0. The summed E-state index contributed by atoms with van der Waals surface area (Å²) in [6.07, 6.45) is -1.18. The van der Waals surface area contributed by atoms with Crippen LogP contribution in [0.15, 0.2) is 30.3 Å². The second-order valence-electron chi connectivity index (χ2n) is 2.32. The Morgan fingerprint density at radius 2 is 2.00 bits per heavy atom. The first kappa shape index (κ1) is 8.70. The Hall–Kier alpha value is -1.39. The van der Waals surface area contributed by atoms with Gasteiger partial charge >= 0.3 is 0 Å². The number of aliphatic hydroxyl groups is 1.